The van der Waals surface area contributed by atoms with Crippen LogP contribution in [-0.4, -0.2) is 6.17 Å². The van der Waals surface area contributed by atoms with Crippen molar-refractivity contribution in [3.05, 3.63) is 0 Å². The number of alkyl halides is 1. The van der Waals surface area contributed by atoms with Gasteiger partial charge >= 0.3 is 0 Å². The molecule has 0 aliphatic heterocycles. The van der Waals surface area contributed by atoms with E-state index in [1.54, 1.807) is 0 Å². The van der Waals surface area contributed by atoms with Crippen molar-refractivity contribution in [2.45, 2.75) is 59.5 Å². The molecule has 0 fully saturated rings. The highest BCUT2D eigenvalue weighted by atomic mass is 19.1. The third-order valence-corrected chi connectivity index (χ3v) is 2.34. The van der Waals surface area contributed by atoms with E-state index in [-0.39, 0.29) is 0 Å². The van der Waals surface area contributed by atoms with Crippen LogP contribution in [0.1, 0.15) is 53.4 Å². The lowest BCUT2D eigenvalue weighted by molar-refractivity contribution is 0.256. The van der Waals surface area contributed by atoms with E-state index in [1.807, 2.05) is 6.92 Å². The van der Waals surface area contributed by atoms with Crippen LogP contribution in [0.3, 0.4) is 0 Å². The Morgan fingerprint density at radius 3 is 2.08 bits per heavy atom. The molecule has 0 nitrogen and oxygen atoms in total. The predicted octanol–water partition coefficient (Wildman–Crippen LogP) is 4.20. The summed E-state index contributed by atoms with van der Waals surface area (Å²) in [4.78, 5) is 0. The Hall–Kier alpha value is -0.0700. The van der Waals surface area contributed by atoms with Crippen LogP contribution in [0.5, 0.6) is 0 Å². The molecule has 0 aliphatic rings. The summed E-state index contributed by atoms with van der Waals surface area (Å²) in [7, 11) is 0. The second kappa shape index (κ2) is 6.45. The van der Waals surface area contributed by atoms with Crippen LogP contribution in [0.15, 0.2) is 0 Å². The quantitative estimate of drug-likeness (QED) is 0.566. The Morgan fingerprint density at radius 1 is 1.08 bits per heavy atom. The van der Waals surface area contributed by atoms with Gasteiger partial charge in [-0.2, -0.15) is 0 Å². The second-order valence-corrected chi connectivity index (χ2v) is 4.32. The van der Waals surface area contributed by atoms with Gasteiger partial charge in [0, 0.05) is 0 Å². The highest BCUT2D eigenvalue weighted by Gasteiger charge is 2.10. The normalized spacial score (nSPS) is 16.5. The minimum Gasteiger partial charge on any atom is -0.247 e. The lowest BCUT2D eigenvalue weighted by Crippen LogP contribution is -2.06. The van der Waals surface area contributed by atoms with Gasteiger partial charge in [0.25, 0.3) is 0 Å². The molecule has 12 heavy (non-hydrogen) atoms. The predicted molar refractivity (Wildman–Crippen MR) is 53.0 cm³/mol. The summed E-state index contributed by atoms with van der Waals surface area (Å²) in [5.74, 6) is 1.31. The number of hydrogen-bond donors (Lipinski definition) is 0. The zero-order chi connectivity index (χ0) is 9.56. The Morgan fingerprint density at radius 2 is 1.67 bits per heavy atom. The molecule has 0 aliphatic carbocycles. The number of halogens is 1. The van der Waals surface area contributed by atoms with Crippen LogP contribution in [0.4, 0.5) is 4.39 Å². The van der Waals surface area contributed by atoms with E-state index in [0.29, 0.717) is 12.3 Å². The maximum atomic E-state index is 12.9. The molecule has 0 amide bonds. The summed E-state index contributed by atoms with van der Waals surface area (Å²) >= 11 is 0. The average molecular weight is 174 g/mol. The zero-order valence-corrected chi connectivity index (χ0v) is 8.94. The summed E-state index contributed by atoms with van der Waals surface area (Å²) < 4.78 is 12.9. The Bertz CT molecular complexity index is 99.2. The first kappa shape index (κ1) is 11.9. The minimum absolute atomic E-state index is 0.558. The summed E-state index contributed by atoms with van der Waals surface area (Å²) in [5.41, 5.74) is 0. The smallest absolute Gasteiger partial charge is 0.100 e. The first-order valence-electron chi connectivity index (χ1n) is 5.20. The number of rotatable bonds is 6. The van der Waals surface area contributed by atoms with Gasteiger partial charge in [0.05, 0.1) is 0 Å². The third-order valence-electron chi connectivity index (χ3n) is 2.34. The van der Waals surface area contributed by atoms with Crippen LogP contribution in [0.2, 0.25) is 0 Å². The molecule has 2 unspecified atom stereocenters. The van der Waals surface area contributed by atoms with Gasteiger partial charge in [-0.25, -0.2) is 4.39 Å². The van der Waals surface area contributed by atoms with Crippen molar-refractivity contribution in [2.75, 3.05) is 0 Å². The van der Waals surface area contributed by atoms with E-state index in [1.165, 1.54) is 12.8 Å². The maximum Gasteiger partial charge on any atom is 0.100 e. The van der Waals surface area contributed by atoms with Crippen LogP contribution >= 0.6 is 0 Å². The van der Waals surface area contributed by atoms with Crippen LogP contribution in [0, 0.1) is 11.8 Å². The largest absolute Gasteiger partial charge is 0.247 e. The lowest BCUT2D eigenvalue weighted by atomic mass is 9.94. The minimum atomic E-state index is -0.577. The fourth-order valence-electron chi connectivity index (χ4n) is 1.34. The van der Waals surface area contributed by atoms with Crippen molar-refractivity contribution in [1.82, 2.24) is 0 Å². The molecule has 1 heteroatoms. The monoisotopic (exact) mass is 174 g/mol. The van der Waals surface area contributed by atoms with Gasteiger partial charge < -0.3 is 0 Å². The Balaban J connectivity index is 3.39. The van der Waals surface area contributed by atoms with Gasteiger partial charge in [-0.05, 0) is 24.7 Å². The summed E-state index contributed by atoms with van der Waals surface area (Å²) in [5, 5.41) is 0. The van der Waals surface area contributed by atoms with E-state index < -0.39 is 6.17 Å². The average Bonchev–Trinajstić information content (AvgIpc) is 2.00. The fraction of sp³-hybridized carbons (Fsp3) is 1.00. The van der Waals surface area contributed by atoms with Gasteiger partial charge in [0.1, 0.15) is 6.17 Å². The summed E-state index contributed by atoms with van der Waals surface area (Å²) in [6.07, 6.45) is 3.26. The van der Waals surface area contributed by atoms with Gasteiger partial charge in [-0.15, -0.1) is 0 Å². The second-order valence-electron chi connectivity index (χ2n) is 4.32. The van der Waals surface area contributed by atoms with Crippen molar-refractivity contribution >= 4 is 0 Å². The summed E-state index contributed by atoms with van der Waals surface area (Å²) in [6, 6.07) is 0. The standard InChI is InChI=1S/C11H23F/c1-5-11(12)8-10(4)7-6-9(2)3/h9-11H,5-8H2,1-4H3. The van der Waals surface area contributed by atoms with Gasteiger partial charge in [-0.3, -0.25) is 0 Å². The number of hydrogen-bond acceptors (Lipinski definition) is 0. The maximum absolute atomic E-state index is 12.9. The molecule has 0 saturated heterocycles. The van der Waals surface area contributed by atoms with Crippen LogP contribution < -0.4 is 0 Å². The third kappa shape index (κ3) is 6.63. The van der Waals surface area contributed by atoms with E-state index in [0.717, 1.165) is 12.3 Å². The van der Waals surface area contributed by atoms with Crippen molar-refractivity contribution in [3.8, 4) is 0 Å². The highest BCUT2D eigenvalue weighted by Crippen LogP contribution is 2.18. The van der Waals surface area contributed by atoms with E-state index >= 15 is 0 Å². The summed E-state index contributed by atoms with van der Waals surface area (Å²) in [6.45, 7) is 8.52. The molecular formula is C11H23F. The molecule has 0 aromatic heterocycles. The van der Waals surface area contributed by atoms with E-state index in [2.05, 4.69) is 20.8 Å². The van der Waals surface area contributed by atoms with Crippen molar-refractivity contribution in [2.24, 2.45) is 11.8 Å². The Labute approximate surface area is 76.6 Å². The molecule has 0 N–H and O–H groups in total. The topological polar surface area (TPSA) is 0 Å². The molecule has 0 rings (SSSR count). The Kier molecular flexibility index (Phi) is 6.41. The van der Waals surface area contributed by atoms with E-state index in [4.69, 9.17) is 0 Å². The van der Waals surface area contributed by atoms with E-state index in [9.17, 15) is 4.39 Å². The molecule has 0 saturated carbocycles. The molecule has 0 heterocycles. The SMILES string of the molecule is CCC(F)CC(C)CCC(C)C. The first-order valence-corrected chi connectivity index (χ1v) is 5.20. The zero-order valence-electron chi connectivity index (χ0n) is 8.94. The fourth-order valence-corrected chi connectivity index (χ4v) is 1.34. The highest BCUT2D eigenvalue weighted by molar-refractivity contribution is 4.61. The van der Waals surface area contributed by atoms with Crippen LogP contribution in [-0.2, 0) is 0 Å². The van der Waals surface area contributed by atoms with Crippen molar-refractivity contribution in [3.63, 3.8) is 0 Å². The molecule has 0 bridgehead atoms. The molecule has 0 aromatic rings. The first-order chi connectivity index (χ1) is 5.56. The van der Waals surface area contributed by atoms with Crippen molar-refractivity contribution < 1.29 is 4.39 Å². The molecule has 0 spiro atoms. The molecule has 74 valence electrons. The van der Waals surface area contributed by atoms with Crippen LogP contribution in [0.25, 0.3) is 0 Å². The van der Waals surface area contributed by atoms with Crippen molar-refractivity contribution in [1.29, 1.82) is 0 Å². The molecule has 2 atom stereocenters. The van der Waals surface area contributed by atoms with Gasteiger partial charge in [0.2, 0.25) is 0 Å². The molecular weight excluding hydrogens is 151 g/mol. The van der Waals surface area contributed by atoms with Gasteiger partial charge in [-0.1, -0.05) is 40.5 Å². The van der Waals surface area contributed by atoms with Gasteiger partial charge in [0.15, 0.2) is 0 Å². The molecule has 0 aromatic carbocycles. The molecule has 0 radical (unpaired) electrons. The lowest BCUT2D eigenvalue weighted by Gasteiger charge is -2.14.